The molecule has 72 valence electrons. The standard InChI is InChI=1S/C12H13NO/c13-12(14)8-7-10-6-5-9-3-1-2-4-11(9)10/h1-4,6H,5,7-8H2,(H2,13,14). The summed E-state index contributed by atoms with van der Waals surface area (Å²) in [7, 11) is 0. The van der Waals surface area contributed by atoms with E-state index in [1.165, 1.54) is 16.7 Å². The minimum absolute atomic E-state index is 0.227. The lowest BCUT2D eigenvalue weighted by Gasteiger charge is -2.03. The largest absolute Gasteiger partial charge is 0.370 e. The number of allylic oxidation sites excluding steroid dienone is 2. The van der Waals surface area contributed by atoms with E-state index in [4.69, 9.17) is 5.73 Å². The Bertz CT molecular complexity index is 393. The van der Waals surface area contributed by atoms with Crippen LogP contribution in [0.3, 0.4) is 0 Å². The second-order valence-electron chi connectivity index (χ2n) is 3.56. The van der Waals surface area contributed by atoms with Crippen molar-refractivity contribution in [3.8, 4) is 0 Å². The van der Waals surface area contributed by atoms with Crippen LogP contribution in [0.15, 0.2) is 30.3 Å². The zero-order valence-corrected chi connectivity index (χ0v) is 7.99. The molecule has 2 nitrogen and oxygen atoms in total. The molecule has 0 aliphatic heterocycles. The minimum Gasteiger partial charge on any atom is -0.370 e. The van der Waals surface area contributed by atoms with Crippen molar-refractivity contribution in [1.29, 1.82) is 0 Å². The maximum Gasteiger partial charge on any atom is 0.217 e. The van der Waals surface area contributed by atoms with Crippen LogP contribution in [0.1, 0.15) is 24.0 Å². The van der Waals surface area contributed by atoms with Crippen molar-refractivity contribution in [3.05, 3.63) is 41.5 Å². The quantitative estimate of drug-likeness (QED) is 0.771. The second-order valence-corrected chi connectivity index (χ2v) is 3.56. The smallest absolute Gasteiger partial charge is 0.217 e. The van der Waals surface area contributed by atoms with Crippen LogP contribution in [0.25, 0.3) is 5.57 Å². The first-order chi connectivity index (χ1) is 6.77. The first-order valence-electron chi connectivity index (χ1n) is 4.83. The van der Waals surface area contributed by atoms with Gasteiger partial charge in [-0.2, -0.15) is 0 Å². The molecule has 0 radical (unpaired) electrons. The number of benzene rings is 1. The zero-order valence-electron chi connectivity index (χ0n) is 7.99. The van der Waals surface area contributed by atoms with Gasteiger partial charge >= 0.3 is 0 Å². The van der Waals surface area contributed by atoms with Gasteiger partial charge in [-0.15, -0.1) is 0 Å². The third-order valence-electron chi connectivity index (χ3n) is 2.57. The predicted octanol–water partition coefficient (Wildman–Crippen LogP) is 1.89. The van der Waals surface area contributed by atoms with Crippen molar-refractivity contribution >= 4 is 11.5 Å². The van der Waals surface area contributed by atoms with Crippen LogP contribution in [-0.2, 0) is 11.2 Å². The monoisotopic (exact) mass is 187 g/mol. The van der Waals surface area contributed by atoms with Gasteiger partial charge in [0.25, 0.3) is 0 Å². The molecule has 1 aromatic rings. The summed E-state index contributed by atoms with van der Waals surface area (Å²) < 4.78 is 0. The molecule has 1 aromatic carbocycles. The molecule has 14 heavy (non-hydrogen) atoms. The van der Waals surface area contributed by atoms with Crippen molar-refractivity contribution in [2.45, 2.75) is 19.3 Å². The minimum atomic E-state index is -0.227. The van der Waals surface area contributed by atoms with Crippen LogP contribution >= 0.6 is 0 Å². The van der Waals surface area contributed by atoms with Crippen LogP contribution < -0.4 is 5.73 Å². The van der Waals surface area contributed by atoms with Gasteiger partial charge in [-0.25, -0.2) is 0 Å². The molecule has 1 aliphatic rings. The summed E-state index contributed by atoms with van der Waals surface area (Å²) in [6.45, 7) is 0. The maximum absolute atomic E-state index is 10.7. The molecule has 1 amide bonds. The highest BCUT2D eigenvalue weighted by molar-refractivity contribution is 5.79. The second kappa shape index (κ2) is 3.66. The molecule has 0 aromatic heterocycles. The molecule has 0 atom stereocenters. The topological polar surface area (TPSA) is 43.1 Å². The number of hydrogen-bond acceptors (Lipinski definition) is 1. The molecule has 0 unspecified atom stereocenters. The molecule has 0 spiro atoms. The molecule has 1 aliphatic carbocycles. The Morgan fingerprint density at radius 2 is 2.14 bits per heavy atom. The highest BCUT2D eigenvalue weighted by Crippen LogP contribution is 2.29. The summed E-state index contributed by atoms with van der Waals surface area (Å²) in [5, 5.41) is 0. The molecular formula is C12H13NO. The van der Waals surface area contributed by atoms with Gasteiger partial charge in [0, 0.05) is 6.42 Å². The average molecular weight is 187 g/mol. The first-order valence-corrected chi connectivity index (χ1v) is 4.83. The van der Waals surface area contributed by atoms with E-state index in [2.05, 4.69) is 18.2 Å². The molecule has 0 fully saturated rings. The highest BCUT2D eigenvalue weighted by Gasteiger charge is 2.12. The zero-order chi connectivity index (χ0) is 9.97. The fourth-order valence-corrected chi connectivity index (χ4v) is 1.85. The van der Waals surface area contributed by atoms with E-state index in [-0.39, 0.29) is 5.91 Å². The Kier molecular flexibility index (Phi) is 2.35. The summed E-state index contributed by atoms with van der Waals surface area (Å²) in [5.41, 5.74) is 9.03. The lowest BCUT2D eigenvalue weighted by molar-refractivity contribution is -0.117. The van der Waals surface area contributed by atoms with E-state index in [0.717, 1.165) is 12.8 Å². The number of amides is 1. The molecule has 0 heterocycles. The van der Waals surface area contributed by atoms with Gasteiger partial charge in [0.05, 0.1) is 0 Å². The Labute approximate surface area is 83.4 Å². The Morgan fingerprint density at radius 1 is 1.36 bits per heavy atom. The number of hydrogen-bond donors (Lipinski definition) is 1. The van der Waals surface area contributed by atoms with Gasteiger partial charge in [-0.1, -0.05) is 30.3 Å². The molecule has 2 rings (SSSR count). The van der Waals surface area contributed by atoms with E-state index in [1.54, 1.807) is 0 Å². The predicted molar refractivity (Wildman–Crippen MR) is 56.6 cm³/mol. The van der Waals surface area contributed by atoms with Gasteiger partial charge in [0.1, 0.15) is 0 Å². The summed E-state index contributed by atoms with van der Waals surface area (Å²) in [6, 6.07) is 8.31. The average Bonchev–Trinajstić information content (AvgIpc) is 2.58. The van der Waals surface area contributed by atoms with Gasteiger partial charge in [-0.3, -0.25) is 4.79 Å². The van der Waals surface area contributed by atoms with Gasteiger partial charge in [0.2, 0.25) is 5.91 Å². The van der Waals surface area contributed by atoms with E-state index in [0.29, 0.717) is 6.42 Å². The molecule has 0 bridgehead atoms. The summed E-state index contributed by atoms with van der Waals surface area (Å²) in [5.74, 6) is -0.227. The maximum atomic E-state index is 10.7. The summed E-state index contributed by atoms with van der Waals surface area (Å²) in [4.78, 5) is 10.7. The number of carbonyl (C=O) groups excluding carboxylic acids is 1. The lowest BCUT2D eigenvalue weighted by Crippen LogP contribution is -2.09. The van der Waals surface area contributed by atoms with Crippen LogP contribution in [0.2, 0.25) is 0 Å². The van der Waals surface area contributed by atoms with Crippen molar-refractivity contribution in [2.75, 3.05) is 0 Å². The highest BCUT2D eigenvalue weighted by atomic mass is 16.1. The normalized spacial score (nSPS) is 13.6. The van der Waals surface area contributed by atoms with Crippen LogP contribution in [0.5, 0.6) is 0 Å². The lowest BCUT2D eigenvalue weighted by atomic mass is 10.0. The Hall–Kier alpha value is -1.57. The van der Waals surface area contributed by atoms with Crippen LogP contribution in [0, 0.1) is 0 Å². The third-order valence-corrected chi connectivity index (χ3v) is 2.57. The SMILES string of the molecule is NC(=O)CCC1=CCc2ccccc21. The molecule has 0 saturated heterocycles. The van der Waals surface area contributed by atoms with E-state index in [1.807, 2.05) is 12.1 Å². The Morgan fingerprint density at radius 3 is 2.93 bits per heavy atom. The Balaban J connectivity index is 2.13. The van der Waals surface area contributed by atoms with Crippen LogP contribution in [-0.4, -0.2) is 5.91 Å². The van der Waals surface area contributed by atoms with E-state index in [9.17, 15) is 4.79 Å². The first kappa shape index (κ1) is 9.00. The van der Waals surface area contributed by atoms with E-state index < -0.39 is 0 Å². The van der Waals surface area contributed by atoms with Crippen molar-refractivity contribution in [2.24, 2.45) is 5.73 Å². The van der Waals surface area contributed by atoms with Crippen molar-refractivity contribution in [1.82, 2.24) is 0 Å². The molecule has 2 heteroatoms. The van der Waals surface area contributed by atoms with Crippen LogP contribution in [0.4, 0.5) is 0 Å². The fraction of sp³-hybridized carbons (Fsp3) is 0.250. The number of nitrogens with two attached hydrogens (primary N) is 1. The summed E-state index contributed by atoms with van der Waals surface area (Å²) >= 11 is 0. The molecule has 2 N–H and O–H groups in total. The van der Waals surface area contributed by atoms with Gasteiger partial charge in [-0.05, 0) is 29.5 Å². The number of rotatable bonds is 3. The molecular weight excluding hydrogens is 174 g/mol. The van der Waals surface area contributed by atoms with Gasteiger partial charge in [0.15, 0.2) is 0 Å². The fourth-order valence-electron chi connectivity index (χ4n) is 1.85. The summed E-state index contributed by atoms with van der Waals surface area (Å²) in [6.07, 6.45) is 4.39. The van der Waals surface area contributed by atoms with Crippen molar-refractivity contribution in [3.63, 3.8) is 0 Å². The van der Waals surface area contributed by atoms with Crippen molar-refractivity contribution < 1.29 is 4.79 Å². The van der Waals surface area contributed by atoms with Gasteiger partial charge < -0.3 is 5.73 Å². The van der Waals surface area contributed by atoms with E-state index >= 15 is 0 Å². The molecule has 0 saturated carbocycles. The third kappa shape index (κ3) is 1.69. The number of carbonyl (C=O) groups is 1. The number of fused-ring (bicyclic) bond motifs is 1. The number of primary amides is 1.